The smallest absolute Gasteiger partial charge is 0.364 e. The molecule has 0 unspecified atom stereocenters. The molecule has 0 aromatic rings. The summed E-state index contributed by atoms with van der Waals surface area (Å²) in [6.07, 6.45) is 2.84. The summed E-state index contributed by atoms with van der Waals surface area (Å²) in [5, 5.41) is 8.25. The molecule has 1 fully saturated rings. The van der Waals surface area contributed by atoms with Crippen molar-refractivity contribution in [1.82, 2.24) is 0 Å². The van der Waals surface area contributed by atoms with Crippen LogP contribution in [0.5, 0.6) is 0 Å². The minimum Gasteiger partial charge on any atom is -0.476 e. The second kappa shape index (κ2) is 3.03. The van der Waals surface area contributed by atoms with Gasteiger partial charge in [-0.2, -0.15) is 4.39 Å². The Morgan fingerprint density at radius 3 is 2.55 bits per heavy atom. The number of carboxylic acid groups (broad SMARTS) is 1. The molecule has 0 radical (unpaired) electrons. The number of rotatable bonds is 3. The Bertz CT molecular complexity index is 204. The first-order valence-corrected chi connectivity index (χ1v) is 3.70. The number of carboxylic acids is 1. The standard InChI is InChI=1S/C8H11FO2/c1-5(4-6-2-3-6)7(9)8(10)11/h6H,2-4H2,1H3,(H,10,11). The van der Waals surface area contributed by atoms with Crippen LogP contribution in [0, 0.1) is 5.92 Å². The molecule has 3 heteroatoms. The quantitative estimate of drug-likeness (QED) is 0.639. The average Bonchev–Trinajstić information content (AvgIpc) is 2.69. The van der Waals surface area contributed by atoms with E-state index in [0.29, 0.717) is 17.9 Å². The highest BCUT2D eigenvalue weighted by Gasteiger charge is 2.23. The van der Waals surface area contributed by atoms with Crippen molar-refractivity contribution in [3.05, 3.63) is 11.4 Å². The minimum absolute atomic E-state index is 0.375. The maximum absolute atomic E-state index is 12.6. The fourth-order valence-electron chi connectivity index (χ4n) is 1.03. The summed E-state index contributed by atoms with van der Waals surface area (Å²) < 4.78 is 12.6. The number of aliphatic carboxylic acids is 1. The second-order valence-corrected chi connectivity index (χ2v) is 3.05. The van der Waals surface area contributed by atoms with Crippen molar-refractivity contribution in [2.45, 2.75) is 26.2 Å². The topological polar surface area (TPSA) is 37.3 Å². The van der Waals surface area contributed by atoms with E-state index in [4.69, 9.17) is 5.11 Å². The van der Waals surface area contributed by atoms with Crippen LogP contribution in [0.2, 0.25) is 0 Å². The Morgan fingerprint density at radius 2 is 2.18 bits per heavy atom. The predicted octanol–water partition coefficient (Wildman–Crippen LogP) is 2.11. The predicted molar refractivity (Wildman–Crippen MR) is 38.8 cm³/mol. The molecule has 0 atom stereocenters. The number of carbonyl (C=O) groups is 1. The van der Waals surface area contributed by atoms with Gasteiger partial charge in [-0.25, -0.2) is 4.79 Å². The van der Waals surface area contributed by atoms with Gasteiger partial charge in [0, 0.05) is 0 Å². The van der Waals surface area contributed by atoms with Crippen LogP contribution in [0.25, 0.3) is 0 Å². The van der Waals surface area contributed by atoms with Gasteiger partial charge >= 0.3 is 5.97 Å². The number of hydrogen-bond donors (Lipinski definition) is 1. The molecule has 0 heterocycles. The third-order valence-electron chi connectivity index (χ3n) is 1.85. The monoisotopic (exact) mass is 158 g/mol. The Labute approximate surface area is 64.7 Å². The molecule has 1 aliphatic rings. The molecular formula is C8H11FO2. The van der Waals surface area contributed by atoms with Crippen LogP contribution in [0.4, 0.5) is 4.39 Å². The first-order valence-electron chi connectivity index (χ1n) is 3.70. The first-order chi connectivity index (χ1) is 5.11. The highest BCUT2D eigenvalue weighted by Crippen LogP contribution is 2.35. The third kappa shape index (κ3) is 2.33. The van der Waals surface area contributed by atoms with Gasteiger partial charge in [-0.1, -0.05) is 0 Å². The normalized spacial score (nSPS) is 19.5. The Balaban J connectivity index is 2.52. The van der Waals surface area contributed by atoms with Gasteiger partial charge in [0.15, 0.2) is 0 Å². The lowest BCUT2D eigenvalue weighted by molar-refractivity contribution is -0.134. The summed E-state index contributed by atoms with van der Waals surface area (Å²) in [5.41, 5.74) is 0.375. The van der Waals surface area contributed by atoms with Crippen LogP contribution in [-0.2, 0) is 4.79 Å². The van der Waals surface area contributed by atoms with Gasteiger partial charge in [0.2, 0.25) is 5.83 Å². The molecule has 11 heavy (non-hydrogen) atoms. The zero-order valence-corrected chi connectivity index (χ0v) is 6.43. The first kappa shape index (κ1) is 8.24. The van der Waals surface area contributed by atoms with Crippen molar-refractivity contribution in [3.63, 3.8) is 0 Å². The Kier molecular flexibility index (Phi) is 2.27. The van der Waals surface area contributed by atoms with Crippen LogP contribution in [0.15, 0.2) is 11.4 Å². The van der Waals surface area contributed by atoms with Crippen molar-refractivity contribution >= 4 is 5.97 Å². The van der Waals surface area contributed by atoms with Gasteiger partial charge in [-0.05, 0) is 37.7 Å². The van der Waals surface area contributed by atoms with Gasteiger partial charge in [-0.3, -0.25) is 0 Å². The molecule has 0 aromatic carbocycles. The molecule has 62 valence electrons. The number of allylic oxidation sites excluding steroid dienone is 1. The Hall–Kier alpha value is -0.860. The lowest BCUT2D eigenvalue weighted by Crippen LogP contribution is -1.98. The molecule has 0 saturated heterocycles. The zero-order chi connectivity index (χ0) is 8.43. The molecular weight excluding hydrogens is 147 g/mol. The van der Waals surface area contributed by atoms with Crippen molar-refractivity contribution in [3.8, 4) is 0 Å². The summed E-state index contributed by atoms with van der Waals surface area (Å²) >= 11 is 0. The van der Waals surface area contributed by atoms with Crippen LogP contribution in [0.3, 0.4) is 0 Å². The summed E-state index contributed by atoms with van der Waals surface area (Å²) in [5.74, 6) is -1.87. The fourth-order valence-corrected chi connectivity index (χ4v) is 1.03. The fraction of sp³-hybridized carbons (Fsp3) is 0.625. The molecule has 0 amide bonds. The highest BCUT2D eigenvalue weighted by atomic mass is 19.1. The van der Waals surface area contributed by atoms with Gasteiger partial charge in [0.25, 0.3) is 0 Å². The lowest BCUT2D eigenvalue weighted by Gasteiger charge is -1.97. The van der Waals surface area contributed by atoms with E-state index in [2.05, 4.69) is 0 Å². The van der Waals surface area contributed by atoms with E-state index in [9.17, 15) is 9.18 Å². The van der Waals surface area contributed by atoms with E-state index >= 15 is 0 Å². The van der Waals surface area contributed by atoms with E-state index < -0.39 is 11.8 Å². The van der Waals surface area contributed by atoms with E-state index in [1.807, 2.05) is 0 Å². The van der Waals surface area contributed by atoms with E-state index in [0.717, 1.165) is 12.8 Å². The van der Waals surface area contributed by atoms with Gasteiger partial charge in [0.05, 0.1) is 0 Å². The van der Waals surface area contributed by atoms with Gasteiger partial charge in [0.1, 0.15) is 0 Å². The molecule has 0 spiro atoms. The summed E-state index contributed by atoms with van der Waals surface area (Å²) in [6, 6.07) is 0. The molecule has 0 aromatic heterocycles. The zero-order valence-electron chi connectivity index (χ0n) is 6.43. The number of halogens is 1. The molecule has 2 nitrogen and oxygen atoms in total. The van der Waals surface area contributed by atoms with Crippen molar-refractivity contribution in [2.24, 2.45) is 5.92 Å². The molecule has 0 bridgehead atoms. The van der Waals surface area contributed by atoms with E-state index in [1.54, 1.807) is 6.92 Å². The van der Waals surface area contributed by atoms with Crippen LogP contribution in [-0.4, -0.2) is 11.1 Å². The van der Waals surface area contributed by atoms with Crippen molar-refractivity contribution in [2.75, 3.05) is 0 Å². The Morgan fingerprint density at radius 1 is 1.64 bits per heavy atom. The molecule has 1 N–H and O–H groups in total. The summed E-state index contributed by atoms with van der Waals surface area (Å²) in [6.45, 7) is 1.54. The van der Waals surface area contributed by atoms with Crippen LogP contribution < -0.4 is 0 Å². The highest BCUT2D eigenvalue weighted by molar-refractivity contribution is 5.84. The van der Waals surface area contributed by atoms with Gasteiger partial charge in [-0.15, -0.1) is 0 Å². The maximum Gasteiger partial charge on any atom is 0.364 e. The van der Waals surface area contributed by atoms with Crippen LogP contribution in [0.1, 0.15) is 26.2 Å². The summed E-state index contributed by atoms with van der Waals surface area (Å²) in [4.78, 5) is 10.1. The van der Waals surface area contributed by atoms with E-state index in [1.165, 1.54) is 0 Å². The minimum atomic E-state index is -1.44. The number of hydrogen-bond acceptors (Lipinski definition) is 1. The van der Waals surface area contributed by atoms with Crippen molar-refractivity contribution in [1.29, 1.82) is 0 Å². The largest absolute Gasteiger partial charge is 0.476 e. The lowest BCUT2D eigenvalue weighted by atomic mass is 10.1. The van der Waals surface area contributed by atoms with Gasteiger partial charge < -0.3 is 5.11 Å². The van der Waals surface area contributed by atoms with E-state index in [-0.39, 0.29) is 0 Å². The second-order valence-electron chi connectivity index (χ2n) is 3.05. The summed E-state index contributed by atoms with van der Waals surface area (Å²) in [7, 11) is 0. The van der Waals surface area contributed by atoms with Crippen molar-refractivity contribution < 1.29 is 14.3 Å². The SMILES string of the molecule is CC(CC1CC1)=C(F)C(=O)O. The maximum atomic E-state index is 12.6. The average molecular weight is 158 g/mol. The molecule has 0 aliphatic heterocycles. The molecule has 1 saturated carbocycles. The molecule has 1 rings (SSSR count). The molecule has 1 aliphatic carbocycles. The van der Waals surface area contributed by atoms with Crippen LogP contribution >= 0.6 is 0 Å². The third-order valence-corrected chi connectivity index (χ3v) is 1.85.